The molecule has 162 valence electrons. The zero-order valence-corrected chi connectivity index (χ0v) is 15.3. The summed E-state index contributed by atoms with van der Waals surface area (Å²) in [6.07, 6.45) is -15.1. The zero-order chi connectivity index (χ0) is 20.9. The van der Waals surface area contributed by atoms with E-state index in [0.717, 1.165) is 0 Å². The van der Waals surface area contributed by atoms with Crippen molar-refractivity contribution in [1.82, 2.24) is 0 Å². The van der Waals surface area contributed by atoms with Gasteiger partial charge in [0.05, 0.1) is 0 Å². The first-order valence-electron chi connectivity index (χ1n) is 6.78. The predicted molar refractivity (Wildman–Crippen MR) is 72.1 cm³/mol. The number of hydrogen-bond acceptors (Lipinski definition) is 14. The lowest BCUT2D eigenvalue weighted by molar-refractivity contribution is -0.160. The Morgan fingerprint density at radius 2 is 1.11 bits per heavy atom. The van der Waals surface area contributed by atoms with E-state index in [1.54, 1.807) is 0 Å². The van der Waals surface area contributed by atoms with E-state index in [2.05, 4.69) is 34.9 Å². The third-order valence-electron chi connectivity index (χ3n) is 2.91. The molecule has 21 heteroatoms. The fraction of sp³-hybridized carbons (Fsp3) is 1.00. The highest BCUT2D eigenvalue weighted by atomic mass is 32.3. The summed E-state index contributed by atoms with van der Waals surface area (Å²) in [6, 6.07) is 0. The molecule has 0 aromatic heterocycles. The highest BCUT2D eigenvalue weighted by Crippen LogP contribution is 2.29. The van der Waals surface area contributed by atoms with Gasteiger partial charge in [-0.2, -0.15) is 25.3 Å². The molecule has 14 nitrogen and oxygen atoms in total. The number of rotatable bonds is 6. The Morgan fingerprint density at radius 3 is 1.43 bits per heavy atom. The van der Waals surface area contributed by atoms with Gasteiger partial charge in [0.15, 0.2) is 12.5 Å². The summed E-state index contributed by atoms with van der Waals surface area (Å²) in [5.74, 6) is -1.16. The van der Waals surface area contributed by atoms with Crippen LogP contribution in [0, 0.1) is 0 Å². The van der Waals surface area contributed by atoms with Crippen LogP contribution in [-0.4, -0.2) is 76.1 Å². The summed E-state index contributed by atoms with van der Waals surface area (Å²) in [5, 5.41) is 0. The van der Waals surface area contributed by atoms with Crippen LogP contribution in [0.3, 0.4) is 0 Å². The maximum absolute atomic E-state index is 13.7. The summed E-state index contributed by atoms with van der Waals surface area (Å²) >= 11 is 0. The lowest BCUT2D eigenvalue weighted by Gasteiger charge is -2.22. The van der Waals surface area contributed by atoms with E-state index in [1.807, 2.05) is 0 Å². The van der Waals surface area contributed by atoms with Crippen molar-refractivity contribution in [2.24, 2.45) is 0 Å². The zero-order valence-electron chi connectivity index (χ0n) is 12.8. The third kappa shape index (κ3) is 5.30. The lowest BCUT2D eigenvalue weighted by atomic mass is 10.2. The Balaban J connectivity index is 1.74. The molecule has 0 N–H and O–H groups in total. The standard InChI is InChI=1S/C7H8BF3O14S3/c9-2-1-26(12,13)23-5(2)18-8(19-6-3(10)21-27(14,15)24-6)20-7-4(11)22-28(16,17)25-7/h2-7H,1H2. The Kier molecular flexibility index (Phi) is 5.97. The van der Waals surface area contributed by atoms with Crippen LogP contribution in [-0.2, 0) is 65.8 Å². The van der Waals surface area contributed by atoms with Crippen LogP contribution in [0.2, 0.25) is 0 Å². The Morgan fingerprint density at radius 1 is 0.679 bits per heavy atom. The molecule has 6 unspecified atom stereocenters. The number of alkyl halides is 3. The average Bonchev–Trinajstić information content (AvgIpc) is 3.00. The molecule has 0 aromatic carbocycles. The van der Waals surface area contributed by atoms with Crippen LogP contribution in [0.15, 0.2) is 0 Å². The summed E-state index contributed by atoms with van der Waals surface area (Å²) in [7, 11) is -16.6. The highest BCUT2D eigenvalue weighted by Gasteiger charge is 2.51. The van der Waals surface area contributed by atoms with Gasteiger partial charge in [-0.15, -0.1) is 0 Å². The van der Waals surface area contributed by atoms with Gasteiger partial charge in [-0.3, -0.25) is 0 Å². The molecular weight excluding hydrogens is 472 g/mol. The van der Waals surface area contributed by atoms with Crippen LogP contribution in [0.25, 0.3) is 0 Å². The van der Waals surface area contributed by atoms with Crippen LogP contribution in [0.5, 0.6) is 0 Å². The molecule has 0 spiro atoms. The molecule has 3 rings (SSSR count). The van der Waals surface area contributed by atoms with Gasteiger partial charge in [0, 0.05) is 0 Å². The predicted octanol–water partition coefficient (Wildman–Crippen LogP) is -2.13. The van der Waals surface area contributed by atoms with Gasteiger partial charge < -0.3 is 14.0 Å². The molecule has 3 aliphatic heterocycles. The molecule has 3 heterocycles. The minimum Gasteiger partial charge on any atom is -0.356 e. The van der Waals surface area contributed by atoms with Gasteiger partial charge in [0.2, 0.25) is 12.6 Å². The van der Waals surface area contributed by atoms with Crippen LogP contribution in [0.4, 0.5) is 13.2 Å². The quantitative estimate of drug-likeness (QED) is 0.298. The normalized spacial score (nSPS) is 41.2. The first-order chi connectivity index (χ1) is 12.8. The molecule has 3 aliphatic rings. The molecule has 3 saturated heterocycles. The highest BCUT2D eigenvalue weighted by molar-refractivity contribution is 7.87. The van der Waals surface area contributed by atoms with Crippen molar-refractivity contribution in [3.05, 3.63) is 0 Å². The van der Waals surface area contributed by atoms with Crippen LogP contribution in [0.1, 0.15) is 0 Å². The van der Waals surface area contributed by atoms with Crippen molar-refractivity contribution < 1.29 is 73.3 Å². The second kappa shape index (κ2) is 7.57. The molecule has 0 aliphatic carbocycles. The van der Waals surface area contributed by atoms with E-state index in [9.17, 15) is 38.4 Å². The molecular formula is C7H8BF3O14S3. The molecule has 0 amide bonds. The summed E-state index contributed by atoms with van der Waals surface area (Å²) in [6.45, 7) is 0. The smallest absolute Gasteiger partial charge is 0.356 e. The topological polar surface area (TPSA) is 176 Å². The van der Waals surface area contributed by atoms with Crippen molar-refractivity contribution in [3.63, 3.8) is 0 Å². The molecule has 0 saturated carbocycles. The van der Waals surface area contributed by atoms with E-state index in [4.69, 9.17) is 0 Å². The molecule has 3 fully saturated rings. The number of hydrogen-bond donors (Lipinski definition) is 0. The first kappa shape index (κ1) is 22.1. The van der Waals surface area contributed by atoms with E-state index in [-0.39, 0.29) is 0 Å². The van der Waals surface area contributed by atoms with E-state index in [0.29, 0.717) is 0 Å². The van der Waals surface area contributed by atoms with Crippen molar-refractivity contribution >= 4 is 38.2 Å². The summed E-state index contributed by atoms with van der Waals surface area (Å²) < 4.78 is 140. The van der Waals surface area contributed by atoms with E-state index >= 15 is 0 Å². The molecule has 0 radical (unpaired) electrons. The molecule has 0 aromatic rings. The molecule has 6 atom stereocenters. The fourth-order valence-electron chi connectivity index (χ4n) is 1.90. The first-order valence-corrected chi connectivity index (χ1v) is 11.0. The van der Waals surface area contributed by atoms with Gasteiger partial charge in [-0.1, -0.05) is 0 Å². The minimum atomic E-state index is -4.84. The second-order valence-electron chi connectivity index (χ2n) is 5.04. The minimum absolute atomic E-state index is 1.16. The maximum Gasteiger partial charge on any atom is 0.645 e. The van der Waals surface area contributed by atoms with Crippen LogP contribution < -0.4 is 0 Å². The largest absolute Gasteiger partial charge is 0.645 e. The van der Waals surface area contributed by atoms with Crippen molar-refractivity contribution in [1.29, 1.82) is 0 Å². The van der Waals surface area contributed by atoms with E-state index in [1.165, 1.54) is 0 Å². The SMILES string of the molecule is O=S1(=O)CC(F)C(OB(OC2OS(=O)(=O)OC2F)OC2OS(=O)(=O)OC2F)O1. The van der Waals surface area contributed by atoms with Crippen molar-refractivity contribution in [3.8, 4) is 0 Å². The van der Waals surface area contributed by atoms with E-state index < -0.39 is 81.7 Å². The van der Waals surface area contributed by atoms with Gasteiger partial charge in [0.1, 0.15) is 5.75 Å². The fourth-order valence-corrected chi connectivity index (χ4v) is 4.43. The molecule has 0 bridgehead atoms. The van der Waals surface area contributed by atoms with Crippen molar-refractivity contribution in [2.75, 3.05) is 5.75 Å². The average molecular weight is 480 g/mol. The lowest BCUT2D eigenvalue weighted by Crippen LogP contribution is -2.43. The monoisotopic (exact) mass is 480 g/mol. The Bertz CT molecular complexity index is 790. The van der Waals surface area contributed by atoms with Gasteiger partial charge in [-0.25, -0.2) is 34.1 Å². The Hall–Kier alpha value is -0.615. The third-order valence-corrected chi connectivity index (χ3v) is 5.81. The van der Waals surface area contributed by atoms with Crippen LogP contribution >= 0.6 is 0 Å². The molecule has 28 heavy (non-hydrogen) atoms. The van der Waals surface area contributed by atoms with Gasteiger partial charge >= 0.3 is 28.1 Å². The van der Waals surface area contributed by atoms with Crippen molar-refractivity contribution in [2.45, 2.75) is 37.8 Å². The maximum atomic E-state index is 13.7. The summed E-state index contributed by atoms with van der Waals surface area (Å²) in [5.41, 5.74) is 0. The van der Waals surface area contributed by atoms with Gasteiger partial charge in [0.25, 0.3) is 22.8 Å². The summed E-state index contributed by atoms with van der Waals surface area (Å²) in [4.78, 5) is 0. The Labute approximate surface area is 155 Å². The number of halogens is 3. The second-order valence-corrected chi connectivity index (χ2v) is 9.09. The van der Waals surface area contributed by atoms with Gasteiger partial charge in [-0.05, 0) is 0 Å².